The third kappa shape index (κ3) is 2.80. The highest BCUT2D eigenvalue weighted by atomic mass is 16.1. The predicted octanol–water partition coefficient (Wildman–Crippen LogP) is 4.19. The van der Waals surface area contributed by atoms with Gasteiger partial charge < -0.3 is 0 Å². The van der Waals surface area contributed by atoms with Crippen molar-refractivity contribution in [3.63, 3.8) is 0 Å². The normalized spacial score (nSPS) is 8.88. The molecule has 0 N–H and O–H groups in total. The van der Waals surface area contributed by atoms with E-state index < -0.39 is 0 Å². The first-order valence-electron chi connectivity index (χ1n) is 5.51. The molecule has 0 unspecified atom stereocenters. The van der Waals surface area contributed by atoms with Crippen LogP contribution in [0.25, 0.3) is 11.1 Å². The van der Waals surface area contributed by atoms with Crippen LogP contribution in [-0.4, -0.2) is 6.29 Å². The van der Waals surface area contributed by atoms with E-state index in [1.807, 2.05) is 68.4 Å². The summed E-state index contributed by atoms with van der Waals surface area (Å²) in [4.78, 5) is 10.8. The predicted molar refractivity (Wildman–Crippen MR) is 68.6 cm³/mol. The minimum atomic E-state index is 0.735. The van der Waals surface area contributed by atoms with E-state index in [0.717, 1.165) is 23.0 Å². The van der Waals surface area contributed by atoms with Crippen LogP contribution in [0.5, 0.6) is 0 Å². The highest BCUT2D eigenvalue weighted by Crippen LogP contribution is 2.21. The zero-order valence-corrected chi connectivity index (χ0v) is 9.68. The number of hydrogen-bond donors (Lipinski definition) is 0. The van der Waals surface area contributed by atoms with Gasteiger partial charge in [0.25, 0.3) is 0 Å². The van der Waals surface area contributed by atoms with Crippen LogP contribution in [0.4, 0.5) is 0 Å². The highest BCUT2D eigenvalue weighted by molar-refractivity contribution is 5.87. The minimum absolute atomic E-state index is 0.735. The van der Waals surface area contributed by atoms with Crippen LogP contribution in [0.1, 0.15) is 24.2 Å². The van der Waals surface area contributed by atoms with Crippen LogP contribution in [-0.2, 0) is 0 Å². The number of hydrogen-bond acceptors (Lipinski definition) is 1. The van der Waals surface area contributed by atoms with E-state index in [2.05, 4.69) is 0 Å². The summed E-state index contributed by atoms with van der Waals surface area (Å²) in [6, 6.07) is 17.5. The maximum atomic E-state index is 10.8. The molecule has 0 aromatic heterocycles. The van der Waals surface area contributed by atoms with Crippen LogP contribution in [0.2, 0.25) is 0 Å². The largest absolute Gasteiger partial charge is 0.298 e. The molecular formula is C15H16O. The molecule has 1 nitrogen and oxygen atoms in total. The van der Waals surface area contributed by atoms with Crippen molar-refractivity contribution in [1.82, 2.24) is 0 Å². The second-order valence-electron chi connectivity index (χ2n) is 3.07. The molecule has 0 fully saturated rings. The van der Waals surface area contributed by atoms with Crippen LogP contribution < -0.4 is 0 Å². The van der Waals surface area contributed by atoms with Gasteiger partial charge in [0.15, 0.2) is 6.29 Å². The van der Waals surface area contributed by atoms with Crippen LogP contribution in [0, 0.1) is 0 Å². The lowest BCUT2D eigenvalue weighted by Gasteiger charge is -2.03. The van der Waals surface area contributed by atoms with Gasteiger partial charge in [-0.25, -0.2) is 0 Å². The Bertz CT molecular complexity index is 432. The monoisotopic (exact) mass is 212 g/mol. The van der Waals surface area contributed by atoms with E-state index in [0.29, 0.717) is 0 Å². The van der Waals surface area contributed by atoms with Gasteiger partial charge >= 0.3 is 0 Å². The third-order valence-electron chi connectivity index (χ3n) is 2.17. The van der Waals surface area contributed by atoms with Crippen LogP contribution in [0.3, 0.4) is 0 Å². The molecule has 0 saturated heterocycles. The molecule has 2 rings (SSSR count). The van der Waals surface area contributed by atoms with E-state index in [-0.39, 0.29) is 0 Å². The molecule has 0 saturated carbocycles. The lowest BCUT2D eigenvalue weighted by atomic mass is 10.0. The summed E-state index contributed by atoms with van der Waals surface area (Å²) in [6.07, 6.45) is 0.891. The van der Waals surface area contributed by atoms with Crippen molar-refractivity contribution in [3.05, 3.63) is 60.2 Å². The van der Waals surface area contributed by atoms with Gasteiger partial charge in [0.2, 0.25) is 0 Å². The van der Waals surface area contributed by atoms with Gasteiger partial charge in [0.05, 0.1) is 0 Å². The first-order chi connectivity index (χ1) is 7.92. The summed E-state index contributed by atoms with van der Waals surface area (Å²) >= 11 is 0. The Kier molecular flexibility index (Phi) is 5.00. The van der Waals surface area contributed by atoms with Gasteiger partial charge in [-0.1, -0.05) is 68.4 Å². The summed E-state index contributed by atoms with van der Waals surface area (Å²) in [6.45, 7) is 4.00. The van der Waals surface area contributed by atoms with Crippen molar-refractivity contribution in [3.8, 4) is 11.1 Å². The molecule has 2 aromatic carbocycles. The lowest BCUT2D eigenvalue weighted by molar-refractivity contribution is 0.112. The van der Waals surface area contributed by atoms with E-state index in [1.165, 1.54) is 0 Å². The quantitative estimate of drug-likeness (QED) is 0.682. The molecule has 0 aliphatic rings. The Labute approximate surface area is 96.8 Å². The average Bonchev–Trinajstić information content (AvgIpc) is 2.42. The van der Waals surface area contributed by atoms with Crippen molar-refractivity contribution < 1.29 is 4.79 Å². The zero-order chi connectivity index (χ0) is 11.8. The fourth-order valence-corrected chi connectivity index (χ4v) is 1.48. The van der Waals surface area contributed by atoms with Crippen molar-refractivity contribution in [1.29, 1.82) is 0 Å². The Morgan fingerprint density at radius 2 is 1.38 bits per heavy atom. The standard InChI is InChI=1S/C13H10O.C2H6/c14-10-12-8-4-5-9-13(12)11-6-2-1-3-7-11;1-2/h1-10H;1-2H3. The molecule has 0 atom stereocenters. The Hall–Kier alpha value is -1.89. The van der Waals surface area contributed by atoms with Crippen LogP contribution in [0.15, 0.2) is 54.6 Å². The van der Waals surface area contributed by atoms with E-state index in [4.69, 9.17) is 0 Å². The number of rotatable bonds is 2. The van der Waals surface area contributed by atoms with Crippen molar-refractivity contribution in [2.45, 2.75) is 13.8 Å². The van der Waals surface area contributed by atoms with Gasteiger partial charge in [-0.05, 0) is 11.1 Å². The van der Waals surface area contributed by atoms with Crippen molar-refractivity contribution in [2.24, 2.45) is 0 Å². The van der Waals surface area contributed by atoms with Crippen molar-refractivity contribution >= 4 is 6.29 Å². The second-order valence-corrected chi connectivity index (χ2v) is 3.07. The third-order valence-corrected chi connectivity index (χ3v) is 2.17. The number of aldehydes is 1. The molecule has 0 heterocycles. The van der Waals surface area contributed by atoms with Gasteiger partial charge in [-0.3, -0.25) is 4.79 Å². The molecule has 0 bridgehead atoms. The fraction of sp³-hybridized carbons (Fsp3) is 0.133. The Balaban J connectivity index is 0.000000606. The molecule has 2 aromatic rings. The van der Waals surface area contributed by atoms with Gasteiger partial charge in [-0.2, -0.15) is 0 Å². The van der Waals surface area contributed by atoms with Gasteiger partial charge in [0.1, 0.15) is 0 Å². The first-order valence-corrected chi connectivity index (χ1v) is 5.51. The molecule has 16 heavy (non-hydrogen) atoms. The van der Waals surface area contributed by atoms with Crippen LogP contribution >= 0.6 is 0 Å². The molecule has 0 aliphatic heterocycles. The Morgan fingerprint density at radius 1 is 0.812 bits per heavy atom. The molecule has 0 amide bonds. The molecular weight excluding hydrogens is 196 g/mol. The minimum Gasteiger partial charge on any atom is -0.298 e. The van der Waals surface area contributed by atoms with Gasteiger partial charge in [-0.15, -0.1) is 0 Å². The molecule has 0 radical (unpaired) electrons. The summed E-state index contributed by atoms with van der Waals surface area (Å²) in [5, 5.41) is 0. The second kappa shape index (κ2) is 6.57. The summed E-state index contributed by atoms with van der Waals surface area (Å²) < 4.78 is 0. The smallest absolute Gasteiger partial charge is 0.150 e. The molecule has 1 heteroatoms. The maximum absolute atomic E-state index is 10.8. The summed E-state index contributed by atoms with van der Waals surface area (Å²) in [5.74, 6) is 0. The zero-order valence-electron chi connectivity index (χ0n) is 9.68. The summed E-state index contributed by atoms with van der Waals surface area (Å²) in [5.41, 5.74) is 2.80. The SMILES string of the molecule is CC.O=Cc1ccccc1-c1ccccc1. The molecule has 82 valence electrons. The fourth-order valence-electron chi connectivity index (χ4n) is 1.48. The van der Waals surface area contributed by atoms with Crippen molar-refractivity contribution in [2.75, 3.05) is 0 Å². The molecule has 0 spiro atoms. The highest BCUT2D eigenvalue weighted by Gasteiger charge is 2.01. The lowest BCUT2D eigenvalue weighted by Crippen LogP contribution is -1.85. The van der Waals surface area contributed by atoms with E-state index >= 15 is 0 Å². The number of carbonyl (C=O) groups excluding carboxylic acids is 1. The number of carbonyl (C=O) groups is 1. The van der Waals surface area contributed by atoms with Gasteiger partial charge in [0, 0.05) is 5.56 Å². The molecule has 0 aliphatic carbocycles. The first kappa shape index (κ1) is 12.2. The average molecular weight is 212 g/mol. The summed E-state index contributed by atoms with van der Waals surface area (Å²) in [7, 11) is 0. The van der Waals surface area contributed by atoms with E-state index in [9.17, 15) is 4.79 Å². The number of benzene rings is 2. The topological polar surface area (TPSA) is 17.1 Å². The Morgan fingerprint density at radius 3 is 2.00 bits per heavy atom. The van der Waals surface area contributed by atoms with E-state index in [1.54, 1.807) is 0 Å². The maximum Gasteiger partial charge on any atom is 0.150 e.